The molecule has 7 aromatic rings. The van der Waals surface area contributed by atoms with Crippen molar-refractivity contribution in [2.45, 2.75) is 87.5 Å². The molecule has 11 rings (SSSR count). The Kier molecular flexibility index (Phi) is 14.0. The quantitative estimate of drug-likeness (QED) is 0.102. The lowest BCUT2D eigenvalue weighted by Crippen LogP contribution is -2.69. The van der Waals surface area contributed by atoms with Gasteiger partial charge in [-0.3, -0.25) is 0 Å². The molecule has 0 N–H and O–H groups in total. The van der Waals surface area contributed by atoms with Crippen LogP contribution >= 0.6 is 0 Å². The molecule has 13 nitrogen and oxygen atoms in total. The van der Waals surface area contributed by atoms with Crippen molar-refractivity contribution in [2.24, 2.45) is 0 Å². The van der Waals surface area contributed by atoms with Gasteiger partial charge in [0.15, 0.2) is 43.5 Å². The summed E-state index contributed by atoms with van der Waals surface area (Å²) in [5.41, 5.74) is 3.81. The number of hydrogen-bond donors (Lipinski definition) is 0. The van der Waals surface area contributed by atoms with Crippen LogP contribution in [0.2, 0.25) is 0 Å². The maximum Gasteiger partial charge on any atom is 0.338 e. The highest BCUT2D eigenvalue weighted by molar-refractivity contribution is 5.91. The zero-order valence-electron chi connectivity index (χ0n) is 38.8. The molecule has 362 valence electrons. The minimum absolute atomic E-state index is 0.0489. The van der Waals surface area contributed by atoms with Crippen LogP contribution in [0, 0.1) is 6.92 Å². The summed E-state index contributed by atoms with van der Waals surface area (Å²) in [4.78, 5) is 28.8. The highest BCUT2D eigenvalue weighted by Crippen LogP contribution is 2.43. The van der Waals surface area contributed by atoms with E-state index in [1.54, 1.807) is 48.5 Å². The third-order valence-electron chi connectivity index (χ3n) is 13.1. The van der Waals surface area contributed by atoms with Crippen molar-refractivity contribution in [3.63, 3.8) is 0 Å². The maximum absolute atomic E-state index is 14.5. The fourth-order valence-electron chi connectivity index (χ4n) is 9.52. The Labute approximate surface area is 411 Å². The molecule has 4 aliphatic rings. The molecule has 71 heavy (non-hydrogen) atoms. The van der Waals surface area contributed by atoms with Gasteiger partial charge in [-0.25, -0.2) is 9.59 Å². The van der Waals surface area contributed by atoms with Crippen molar-refractivity contribution in [1.29, 1.82) is 0 Å². The number of rotatable bonds is 13. The summed E-state index contributed by atoms with van der Waals surface area (Å²) in [6.45, 7) is 2.17. The molecule has 4 saturated heterocycles. The molecule has 13 heteroatoms. The summed E-state index contributed by atoms with van der Waals surface area (Å²) in [5.74, 6) is -0.751. The third-order valence-corrected chi connectivity index (χ3v) is 13.1. The van der Waals surface area contributed by atoms with Crippen LogP contribution < -0.4 is 4.74 Å². The lowest BCUT2D eigenvalue weighted by molar-refractivity contribution is -0.402. The summed E-state index contributed by atoms with van der Waals surface area (Å²) in [5, 5.41) is 1.79. The average molecular weight is 957 g/mol. The summed E-state index contributed by atoms with van der Waals surface area (Å²) < 4.78 is 74.3. The van der Waals surface area contributed by atoms with E-state index in [4.69, 9.17) is 52.1 Å². The first-order valence-electron chi connectivity index (χ1n) is 23.9. The van der Waals surface area contributed by atoms with Crippen molar-refractivity contribution in [3.8, 4) is 5.75 Å². The third kappa shape index (κ3) is 10.2. The van der Waals surface area contributed by atoms with E-state index in [-0.39, 0.29) is 25.4 Å². The fraction of sp³-hybridized carbons (Fsp3) is 0.276. The number of hydrogen-bond acceptors (Lipinski definition) is 13. The Bertz CT molecular complexity index is 2870. The van der Waals surface area contributed by atoms with Gasteiger partial charge < -0.3 is 52.1 Å². The van der Waals surface area contributed by atoms with Gasteiger partial charge in [-0.05, 0) is 47.7 Å². The van der Waals surface area contributed by atoms with Gasteiger partial charge in [0.1, 0.15) is 36.3 Å². The molecule has 4 fully saturated rings. The number of fused-ring (bicyclic) bond motifs is 3. The van der Waals surface area contributed by atoms with E-state index in [0.29, 0.717) is 11.3 Å². The van der Waals surface area contributed by atoms with Crippen molar-refractivity contribution < 1.29 is 61.7 Å². The normalized spacial score (nSPS) is 28.2. The number of aryl methyl sites for hydroxylation is 1. The highest BCUT2D eigenvalue weighted by Gasteiger charge is 2.59. The molecule has 0 spiro atoms. The monoisotopic (exact) mass is 956 g/mol. The van der Waals surface area contributed by atoms with Gasteiger partial charge in [0.05, 0.1) is 30.9 Å². The maximum atomic E-state index is 14.5. The minimum atomic E-state index is -1.43. The number of ether oxygens (including phenoxy) is 11. The smallest absolute Gasteiger partial charge is 0.338 e. The number of carbonyl (C=O) groups excluding carboxylic acids is 2. The van der Waals surface area contributed by atoms with Gasteiger partial charge in [0.2, 0.25) is 0 Å². The molecule has 0 aromatic heterocycles. The molecule has 2 unspecified atom stereocenters. The Morgan fingerprint density at radius 1 is 0.493 bits per heavy atom. The first-order chi connectivity index (χ1) is 34.9. The fourth-order valence-corrected chi connectivity index (χ4v) is 9.52. The van der Waals surface area contributed by atoms with E-state index in [0.717, 1.165) is 33.0 Å². The standard InChI is InChI=1S/C58H52O13/c1-36-31-32-38-21-17-18-30-43(38)46(36)66-49-47-45(35-63-55(69-47)41-26-13-5-14-27-41)65-58(52(49)68-54(60)40-24-11-4-12-25-40)71-50-48-44(34-62-56(70-48)42-28-15-6-16-29-42)64-57(61-33-37-19-7-2-8-20-37)51(50)67-53(59)39-22-9-3-10-23-39/h2-32,44-45,47-52,55-58H,33-35H2,1H3/t44-,45-,47+,48+,49+,50+,51-,52-,55?,56?,57-,58+/m1/s1. The molecule has 0 radical (unpaired) electrons. The van der Waals surface area contributed by atoms with Crippen LogP contribution in [0.25, 0.3) is 10.8 Å². The first-order valence-corrected chi connectivity index (χ1v) is 23.9. The number of benzene rings is 7. The zero-order valence-corrected chi connectivity index (χ0v) is 38.8. The minimum Gasteiger partial charge on any atom is -0.483 e. The van der Waals surface area contributed by atoms with Crippen molar-refractivity contribution in [3.05, 3.63) is 221 Å². The molecule has 12 atom stereocenters. The van der Waals surface area contributed by atoms with Gasteiger partial charge in [0.25, 0.3) is 0 Å². The Balaban J connectivity index is 1.03. The van der Waals surface area contributed by atoms with Crippen LogP contribution in [0.15, 0.2) is 188 Å². The topological polar surface area (TPSA) is 136 Å². The molecular weight excluding hydrogens is 905 g/mol. The molecule has 4 heterocycles. The summed E-state index contributed by atoms with van der Waals surface area (Å²) in [6.07, 6.45) is -12.7. The SMILES string of the molecule is Cc1ccc2ccccc2c1O[C@H]1[C@H]2OC(c3ccccc3)OC[C@H]2O[C@@H](O[C@H]2[C@H]3OC(c4ccccc4)OC[C@H]3O[C@@H](OCc3ccccc3)[C@@H]2OC(=O)c2ccccc2)[C@@H]1OC(=O)c1ccccc1. The summed E-state index contributed by atoms with van der Waals surface area (Å²) >= 11 is 0. The van der Waals surface area contributed by atoms with Crippen LogP contribution in [0.5, 0.6) is 5.75 Å². The van der Waals surface area contributed by atoms with Crippen molar-refractivity contribution in [2.75, 3.05) is 13.2 Å². The molecule has 0 bridgehead atoms. The van der Waals surface area contributed by atoms with Gasteiger partial charge in [-0.1, -0.05) is 164 Å². The van der Waals surface area contributed by atoms with Crippen LogP contribution in [0.3, 0.4) is 0 Å². The zero-order chi connectivity index (χ0) is 48.1. The second-order valence-electron chi connectivity index (χ2n) is 17.8. The molecule has 7 aromatic carbocycles. The molecular formula is C58H52O13. The lowest BCUT2D eigenvalue weighted by Gasteiger charge is -2.52. The average Bonchev–Trinajstić information content (AvgIpc) is 3.43. The highest BCUT2D eigenvalue weighted by atomic mass is 16.8. The van der Waals surface area contributed by atoms with Crippen LogP contribution in [0.1, 0.15) is 55.5 Å². The number of carbonyl (C=O) groups is 2. The summed E-state index contributed by atoms with van der Waals surface area (Å²) in [6, 6.07) is 57.9. The predicted octanol–water partition coefficient (Wildman–Crippen LogP) is 9.63. The molecule has 0 saturated carbocycles. The van der Waals surface area contributed by atoms with E-state index in [2.05, 4.69) is 0 Å². The van der Waals surface area contributed by atoms with Gasteiger partial charge in [0, 0.05) is 16.5 Å². The van der Waals surface area contributed by atoms with E-state index >= 15 is 0 Å². The van der Waals surface area contributed by atoms with Gasteiger partial charge in [-0.15, -0.1) is 0 Å². The van der Waals surface area contributed by atoms with Crippen molar-refractivity contribution in [1.82, 2.24) is 0 Å². The van der Waals surface area contributed by atoms with E-state index in [1.165, 1.54) is 0 Å². The Hall–Kier alpha value is -6.78. The molecule has 0 amide bonds. The van der Waals surface area contributed by atoms with Gasteiger partial charge >= 0.3 is 11.9 Å². The van der Waals surface area contributed by atoms with Crippen molar-refractivity contribution >= 4 is 22.7 Å². The second-order valence-corrected chi connectivity index (χ2v) is 17.8. The van der Waals surface area contributed by atoms with Crippen LogP contribution in [-0.4, -0.2) is 86.6 Å². The van der Waals surface area contributed by atoms with Crippen LogP contribution in [0.4, 0.5) is 0 Å². The van der Waals surface area contributed by atoms with E-state index in [1.807, 2.05) is 146 Å². The first kappa shape index (κ1) is 46.6. The molecule has 0 aliphatic carbocycles. The lowest BCUT2D eigenvalue weighted by atomic mass is 9.94. The second kappa shape index (κ2) is 21.3. The van der Waals surface area contributed by atoms with Gasteiger partial charge in [-0.2, -0.15) is 0 Å². The Morgan fingerprint density at radius 2 is 0.972 bits per heavy atom. The van der Waals surface area contributed by atoms with E-state index in [9.17, 15) is 9.59 Å². The largest absolute Gasteiger partial charge is 0.483 e. The van der Waals surface area contributed by atoms with Crippen LogP contribution in [-0.2, 0) is 54.0 Å². The van der Waals surface area contributed by atoms with E-state index < -0.39 is 85.9 Å². The summed E-state index contributed by atoms with van der Waals surface area (Å²) in [7, 11) is 0. The number of esters is 2. The molecule has 4 aliphatic heterocycles. The Morgan fingerprint density at radius 3 is 1.55 bits per heavy atom. The predicted molar refractivity (Wildman–Crippen MR) is 258 cm³/mol.